The molecular formula is C26H38O5Si. The van der Waals surface area contributed by atoms with Gasteiger partial charge in [0, 0.05) is 0 Å². The summed E-state index contributed by atoms with van der Waals surface area (Å²) in [5.74, 6) is 0. The van der Waals surface area contributed by atoms with E-state index in [9.17, 15) is 0 Å². The van der Waals surface area contributed by atoms with Gasteiger partial charge in [0.05, 0.1) is 52.5 Å². The molecule has 0 heterocycles. The Balaban J connectivity index is 1.83. The van der Waals surface area contributed by atoms with Gasteiger partial charge in [-0.05, 0) is 15.4 Å². The molecule has 2 rings (SSSR count). The van der Waals surface area contributed by atoms with Crippen molar-refractivity contribution in [3.05, 3.63) is 73.5 Å². The fourth-order valence-electron chi connectivity index (χ4n) is 3.75. The predicted octanol–water partition coefficient (Wildman–Crippen LogP) is 3.77. The molecule has 0 aliphatic heterocycles. The largest absolute Gasteiger partial charge is 0.499 e. The lowest BCUT2D eigenvalue weighted by Gasteiger charge is -2.43. The minimum Gasteiger partial charge on any atom is -0.499 e. The average Bonchev–Trinajstić information content (AvgIpc) is 2.80. The van der Waals surface area contributed by atoms with Crippen molar-refractivity contribution in [2.45, 2.75) is 25.8 Å². The second-order valence-corrected chi connectivity index (χ2v) is 12.7. The quantitative estimate of drug-likeness (QED) is 0.218. The molecule has 2 aromatic rings. The van der Waals surface area contributed by atoms with Crippen molar-refractivity contribution in [3.63, 3.8) is 0 Å². The van der Waals surface area contributed by atoms with Gasteiger partial charge in [0.1, 0.15) is 6.61 Å². The summed E-state index contributed by atoms with van der Waals surface area (Å²) in [6, 6.07) is 21.3. The van der Waals surface area contributed by atoms with Gasteiger partial charge in [-0.25, -0.2) is 0 Å². The van der Waals surface area contributed by atoms with Crippen molar-refractivity contribution >= 4 is 18.7 Å². The SMILES string of the molecule is C=COCCOCCOCCOCCO[Si](c1ccccc1)(c1ccccc1)C(C)(C)C. The van der Waals surface area contributed by atoms with Gasteiger partial charge in [-0.1, -0.05) is 88.0 Å². The highest BCUT2D eigenvalue weighted by molar-refractivity contribution is 6.99. The van der Waals surface area contributed by atoms with E-state index in [-0.39, 0.29) is 5.04 Å². The van der Waals surface area contributed by atoms with Gasteiger partial charge in [-0.2, -0.15) is 0 Å². The van der Waals surface area contributed by atoms with E-state index in [0.717, 1.165) is 0 Å². The molecule has 0 saturated heterocycles. The van der Waals surface area contributed by atoms with Crippen LogP contribution in [0.4, 0.5) is 0 Å². The average molecular weight is 459 g/mol. The Morgan fingerprint density at radius 2 is 1.06 bits per heavy atom. The van der Waals surface area contributed by atoms with E-state index in [1.54, 1.807) is 0 Å². The third-order valence-corrected chi connectivity index (χ3v) is 10.2. The minimum absolute atomic E-state index is 0.0322. The summed E-state index contributed by atoms with van der Waals surface area (Å²) in [4.78, 5) is 0. The zero-order valence-electron chi connectivity index (χ0n) is 19.8. The first kappa shape index (κ1) is 26.3. The molecule has 0 radical (unpaired) electrons. The number of ether oxygens (including phenoxy) is 4. The molecule has 0 aliphatic rings. The van der Waals surface area contributed by atoms with Crippen LogP contribution >= 0.6 is 0 Å². The smallest absolute Gasteiger partial charge is 0.261 e. The van der Waals surface area contributed by atoms with Gasteiger partial charge in [-0.15, -0.1) is 0 Å². The highest BCUT2D eigenvalue weighted by atomic mass is 28.4. The molecule has 0 aromatic heterocycles. The summed E-state index contributed by atoms with van der Waals surface area (Å²) >= 11 is 0. The van der Waals surface area contributed by atoms with E-state index in [4.69, 9.17) is 23.4 Å². The second kappa shape index (κ2) is 14.2. The van der Waals surface area contributed by atoms with Crippen molar-refractivity contribution in [2.24, 2.45) is 0 Å². The van der Waals surface area contributed by atoms with Gasteiger partial charge in [-0.3, -0.25) is 0 Å². The molecular weight excluding hydrogens is 420 g/mol. The Kier molecular flexibility index (Phi) is 11.7. The van der Waals surface area contributed by atoms with Gasteiger partial charge in [0.2, 0.25) is 0 Å². The summed E-state index contributed by atoms with van der Waals surface area (Å²) in [5.41, 5.74) is 0. The van der Waals surface area contributed by atoms with Crippen LogP contribution in [-0.2, 0) is 23.4 Å². The van der Waals surface area contributed by atoms with Crippen LogP contribution in [0.1, 0.15) is 20.8 Å². The maximum Gasteiger partial charge on any atom is 0.261 e. The van der Waals surface area contributed by atoms with Crippen LogP contribution in [-0.4, -0.2) is 61.2 Å². The fourth-order valence-corrected chi connectivity index (χ4v) is 8.29. The number of hydrogen-bond donors (Lipinski definition) is 0. The molecule has 0 spiro atoms. The fraction of sp³-hybridized carbons (Fsp3) is 0.462. The molecule has 0 amide bonds. The lowest BCUT2D eigenvalue weighted by atomic mass is 10.2. The first-order chi connectivity index (χ1) is 15.5. The van der Waals surface area contributed by atoms with Gasteiger partial charge >= 0.3 is 0 Å². The summed E-state index contributed by atoms with van der Waals surface area (Å²) in [6.07, 6.45) is 1.41. The predicted molar refractivity (Wildman–Crippen MR) is 132 cm³/mol. The molecule has 0 saturated carbocycles. The van der Waals surface area contributed by atoms with Crippen LogP contribution in [0.3, 0.4) is 0 Å². The molecule has 0 bridgehead atoms. The lowest BCUT2D eigenvalue weighted by Crippen LogP contribution is -2.66. The lowest BCUT2D eigenvalue weighted by molar-refractivity contribution is 0.00221. The van der Waals surface area contributed by atoms with Crippen LogP contribution in [0.25, 0.3) is 0 Å². The van der Waals surface area contributed by atoms with Gasteiger partial charge < -0.3 is 23.4 Å². The third kappa shape index (κ3) is 7.87. The zero-order valence-corrected chi connectivity index (χ0v) is 20.8. The van der Waals surface area contributed by atoms with Crippen molar-refractivity contribution in [1.29, 1.82) is 0 Å². The van der Waals surface area contributed by atoms with E-state index in [1.165, 1.54) is 16.6 Å². The van der Waals surface area contributed by atoms with Crippen LogP contribution in [0.5, 0.6) is 0 Å². The Morgan fingerprint density at radius 3 is 1.47 bits per heavy atom. The van der Waals surface area contributed by atoms with E-state index >= 15 is 0 Å². The van der Waals surface area contributed by atoms with Crippen molar-refractivity contribution in [1.82, 2.24) is 0 Å². The molecule has 5 nitrogen and oxygen atoms in total. The summed E-state index contributed by atoms with van der Waals surface area (Å²) < 4.78 is 28.5. The highest BCUT2D eigenvalue weighted by Crippen LogP contribution is 2.36. The van der Waals surface area contributed by atoms with E-state index in [2.05, 4.69) is 88.0 Å². The van der Waals surface area contributed by atoms with Gasteiger partial charge in [0.15, 0.2) is 0 Å². The summed E-state index contributed by atoms with van der Waals surface area (Å²) in [7, 11) is -2.49. The molecule has 2 aromatic carbocycles. The Morgan fingerprint density at radius 1 is 0.656 bits per heavy atom. The zero-order chi connectivity index (χ0) is 23.1. The molecule has 0 unspecified atom stereocenters. The number of rotatable bonds is 16. The molecule has 0 aliphatic carbocycles. The number of hydrogen-bond acceptors (Lipinski definition) is 5. The Bertz CT molecular complexity index is 706. The standard InChI is InChI=1S/C26H38O5Si/c1-5-27-16-17-28-18-19-29-20-21-30-22-23-31-32(26(2,3)4,24-12-8-6-9-13-24)25-14-10-7-11-15-25/h5-15H,1,16-23H2,2-4H3. The Labute approximate surface area is 194 Å². The normalized spacial score (nSPS) is 12.0. The Hall–Kier alpha value is -1.96. The molecule has 176 valence electrons. The minimum atomic E-state index is -2.49. The van der Waals surface area contributed by atoms with Crippen molar-refractivity contribution in [2.75, 3.05) is 52.9 Å². The molecule has 6 heteroatoms. The highest BCUT2D eigenvalue weighted by Gasteiger charge is 2.49. The van der Waals surface area contributed by atoms with E-state index in [0.29, 0.717) is 52.9 Å². The molecule has 32 heavy (non-hydrogen) atoms. The molecule has 0 atom stereocenters. The second-order valence-electron chi connectivity index (χ2n) is 8.39. The molecule has 0 fully saturated rings. The first-order valence-corrected chi connectivity index (χ1v) is 13.1. The van der Waals surface area contributed by atoms with Crippen molar-refractivity contribution < 1.29 is 23.4 Å². The summed E-state index contributed by atoms with van der Waals surface area (Å²) in [6.45, 7) is 14.6. The van der Waals surface area contributed by atoms with Crippen LogP contribution in [0, 0.1) is 0 Å². The monoisotopic (exact) mass is 458 g/mol. The van der Waals surface area contributed by atoms with Crippen LogP contribution in [0.15, 0.2) is 73.5 Å². The summed E-state index contributed by atoms with van der Waals surface area (Å²) in [5, 5.41) is 2.52. The molecule has 0 N–H and O–H groups in total. The van der Waals surface area contributed by atoms with Gasteiger partial charge in [0.25, 0.3) is 8.32 Å². The van der Waals surface area contributed by atoms with Crippen LogP contribution < -0.4 is 10.4 Å². The van der Waals surface area contributed by atoms with E-state index < -0.39 is 8.32 Å². The maximum atomic E-state index is 6.79. The van der Waals surface area contributed by atoms with Crippen LogP contribution in [0.2, 0.25) is 5.04 Å². The third-order valence-electron chi connectivity index (χ3n) is 5.17. The topological polar surface area (TPSA) is 46.2 Å². The number of benzene rings is 2. The maximum absolute atomic E-state index is 6.79. The first-order valence-electron chi connectivity index (χ1n) is 11.2. The van der Waals surface area contributed by atoms with E-state index in [1.807, 2.05) is 0 Å². The van der Waals surface area contributed by atoms with Crippen molar-refractivity contribution in [3.8, 4) is 0 Å².